The molecular formula is C14H20N2O3. The molecule has 1 aliphatic rings. The van der Waals surface area contributed by atoms with Crippen molar-refractivity contribution in [3.8, 4) is 0 Å². The van der Waals surface area contributed by atoms with Crippen LogP contribution in [-0.4, -0.2) is 37.4 Å². The van der Waals surface area contributed by atoms with Gasteiger partial charge in [0.05, 0.1) is 19.8 Å². The van der Waals surface area contributed by atoms with E-state index < -0.39 is 0 Å². The fourth-order valence-corrected chi connectivity index (χ4v) is 2.49. The van der Waals surface area contributed by atoms with Crippen LogP contribution in [0.1, 0.15) is 17.5 Å². The molecule has 0 bridgehead atoms. The quantitative estimate of drug-likeness (QED) is 0.867. The summed E-state index contributed by atoms with van der Waals surface area (Å²) in [6.45, 7) is 3.80. The highest BCUT2D eigenvalue weighted by Crippen LogP contribution is 2.25. The molecule has 1 saturated heterocycles. The van der Waals surface area contributed by atoms with Crippen molar-refractivity contribution >= 4 is 11.8 Å². The highest BCUT2D eigenvalue weighted by atomic mass is 16.5. The second kappa shape index (κ2) is 5.93. The van der Waals surface area contributed by atoms with E-state index in [4.69, 9.17) is 5.11 Å². The first-order chi connectivity index (χ1) is 9.13. The van der Waals surface area contributed by atoms with Gasteiger partial charge in [-0.15, -0.1) is 0 Å². The van der Waals surface area contributed by atoms with Gasteiger partial charge in [0.1, 0.15) is 0 Å². The molecule has 1 aliphatic heterocycles. The number of aliphatic hydroxyl groups excluding tert-OH is 1. The summed E-state index contributed by atoms with van der Waals surface area (Å²) in [5.74, 6) is 0. The Morgan fingerprint density at radius 1 is 1.58 bits per heavy atom. The third kappa shape index (κ3) is 3.17. The van der Waals surface area contributed by atoms with Gasteiger partial charge in [-0.3, -0.25) is 0 Å². The lowest BCUT2D eigenvalue weighted by Gasteiger charge is -2.21. The van der Waals surface area contributed by atoms with Crippen LogP contribution in [0.2, 0.25) is 0 Å². The zero-order valence-electron chi connectivity index (χ0n) is 11.3. The molecule has 1 unspecified atom stereocenters. The normalized spacial score (nSPS) is 18.5. The summed E-state index contributed by atoms with van der Waals surface area (Å²) in [6, 6.07) is 6.09. The maximum absolute atomic E-state index is 11.2. The number of aliphatic hydroxyl groups is 1. The fourth-order valence-electron chi connectivity index (χ4n) is 2.49. The average molecular weight is 264 g/mol. The first-order valence-electron chi connectivity index (χ1n) is 6.44. The van der Waals surface area contributed by atoms with Gasteiger partial charge in [-0.05, 0) is 30.5 Å². The van der Waals surface area contributed by atoms with Crippen molar-refractivity contribution in [3.05, 3.63) is 29.3 Å². The number of aryl methyl sites for hydroxylation is 1. The van der Waals surface area contributed by atoms with Crippen molar-refractivity contribution in [2.45, 2.75) is 26.0 Å². The van der Waals surface area contributed by atoms with Gasteiger partial charge in [-0.1, -0.05) is 12.1 Å². The van der Waals surface area contributed by atoms with Crippen LogP contribution in [0, 0.1) is 6.92 Å². The van der Waals surface area contributed by atoms with E-state index in [2.05, 4.69) is 15.0 Å². The molecular weight excluding hydrogens is 244 g/mol. The van der Waals surface area contributed by atoms with Gasteiger partial charge in [-0.25, -0.2) is 4.79 Å². The van der Waals surface area contributed by atoms with Crippen molar-refractivity contribution in [2.75, 3.05) is 25.1 Å². The van der Waals surface area contributed by atoms with Crippen LogP contribution in [0.25, 0.3) is 0 Å². The Labute approximate surface area is 113 Å². The molecule has 0 spiro atoms. The maximum atomic E-state index is 11.2. The van der Waals surface area contributed by atoms with E-state index in [1.54, 1.807) is 0 Å². The van der Waals surface area contributed by atoms with Crippen LogP contribution in [-0.2, 0) is 11.3 Å². The molecule has 1 aromatic carbocycles. The summed E-state index contributed by atoms with van der Waals surface area (Å²) in [6.07, 6.45) is 0.537. The second-order valence-corrected chi connectivity index (χ2v) is 4.85. The van der Waals surface area contributed by atoms with Crippen LogP contribution in [0.3, 0.4) is 0 Å². The van der Waals surface area contributed by atoms with Gasteiger partial charge in [0, 0.05) is 18.8 Å². The molecule has 1 fully saturated rings. The van der Waals surface area contributed by atoms with E-state index in [1.165, 1.54) is 7.11 Å². The zero-order valence-corrected chi connectivity index (χ0v) is 11.3. The van der Waals surface area contributed by atoms with Gasteiger partial charge in [0.15, 0.2) is 0 Å². The molecule has 1 heterocycles. The minimum atomic E-state index is -0.376. The van der Waals surface area contributed by atoms with Crippen LogP contribution in [0.15, 0.2) is 18.2 Å². The Morgan fingerprint density at radius 3 is 3.00 bits per heavy atom. The second-order valence-electron chi connectivity index (χ2n) is 4.85. The van der Waals surface area contributed by atoms with Gasteiger partial charge in [0.2, 0.25) is 0 Å². The number of methoxy groups -OCH3 is 1. The number of anilines is 1. The summed E-state index contributed by atoms with van der Waals surface area (Å²) in [4.78, 5) is 13.4. The van der Waals surface area contributed by atoms with Crippen molar-refractivity contribution in [2.24, 2.45) is 0 Å². The minimum Gasteiger partial charge on any atom is -0.453 e. The van der Waals surface area contributed by atoms with E-state index >= 15 is 0 Å². The molecule has 1 atom stereocenters. The molecule has 1 aromatic rings. The van der Waals surface area contributed by atoms with Gasteiger partial charge in [0.25, 0.3) is 0 Å². The van der Waals surface area contributed by atoms with Crippen molar-refractivity contribution in [1.82, 2.24) is 5.32 Å². The number of alkyl carbamates (subject to hydrolysis) is 1. The van der Waals surface area contributed by atoms with E-state index in [9.17, 15) is 4.79 Å². The SMILES string of the molecule is COC(=O)NC1CCN(c2ccc(CO)cc2C)C1. The van der Waals surface area contributed by atoms with Crippen LogP contribution in [0.4, 0.5) is 10.5 Å². The molecule has 19 heavy (non-hydrogen) atoms. The van der Waals surface area contributed by atoms with Crippen molar-refractivity contribution in [1.29, 1.82) is 0 Å². The molecule has 1 amide bonds. The number of amides is 1. The lowest BCUT2D eigenvalue weighted by atomic mass is 10.1. The number of hydrogen-bond donors (Lipinski definition) is 2. The van der Waals surface area contributed by atoms with E-state index in [0.717, 1.165) is 36.3 Å². The Balaban J connectivity index is 2.02. The van der Waals surface area contributed by atoms with Crippen LogP contribution in [0.5, 0.6) is 0 Å². The Kier molecular flexibility index (Phi) is 4.27. The molecule has 104 valence electrons. The molecule has 5 heteroatoms. The van der Waals surface area contributed by atoms with Gasteiger partial charge in [-0.2, -0.15) is 0 Å². The summed E-state index contributed by atoms with van der Waals surface area (Å²) in [5, 5.41) is 11.9. The Hall–Kier alpha value is -1.75. The molecule has 0 radical (unpaired) electrons. The first kappa shape index (κ1) is 13.7. The number of hydrogen-bond acceptors (Lipinski definition) is 4. The first-order valence-corrected chi connectivity index (χ1v) is 6.44. The number of rotatable bonds is 3. The molecule has 5 nitrogen and oxygen atoms in total. The van der Waals surface area contributed by atoms with Gasteiger partial charge < -0.3 is 20.1 Å². The van der Waals surface area contributed by atoms with E-state index in [1.807, 2.05) is 25.1 Å². The van der Waals surface area contributed by atoms with Crippen molar-refractivity contribution in [3.63, 3.8) is 0 Å². The predicted molar refractivity (Wildman–Crippen MR) is 73.3 cm³/mol. The number of carbonyl (C=O) groups is 1. The molecule has 2 N–H and O–H groups in total. The number of ether oxygens (including phenoxy) is 1. The number of carbonyl (C=O) groups excluding carboxylic acids is 1. The number of nitrogens with one attached hydrogen (secondary N) is 1. The summed E-state index contributed by atoms with van der Waals surface area (Å²) < 4.78 is 4.61. The molecule has 0 aromatic heterocycles. The van der Waals surface area contributed by atoms with Crippen LogP contribution >= 0.6 is 0 Å². The summed E-state index contributed by atoms with van der Waals surface area (Å²) in [7, 11) is 1.37. The Morgan fingerprint density at radius 2 is 2.37 bits per heavy atom. The number of benzene rings is 1. The largest absolute Gasteiger partial charge is 0.453 e. The average Bonchev–Trinajstić information content (AvgIpc) is 2.86. The molecule has 2 rings (SSSR count). The number of nitrogens with zero attached hydrogens (tertiary/aromatic N) is 1. The zero-order chi connectivity index (χ0) is 13.8. The molecule has 0 aliphatic carbocycles. The highest BCUT2D eigenvalue weighted by Gasteiger charge is 2.25. The standard InChI is InChI=1S/C14H20N2O3/c1-10-7-11(9-17)3-4-13(10)16-6-5-12(8-16)15-14(18)19-2/h3-4,7,12,17H,5-6,8-9H2,1-2H3,(H,15,18). The third-order valence-electron chi connectivity index (χ3n) is 3.48. The Bertz CT molecular complexity index is 462. The molecule has 0 saturated carbocycles. The van der Waals surface area contributed by atoms with Gasteiger partial charge >= 0.3 is 6.09 Å². The highest BCUT2D eigenvalue weighted by molar-refractivity contribution is 5.67. The summed E-state index contributed by atoms with van der Waals surface area (Å²) in [5.41, 5.74) is 3.22. The fraction of sp³-hybridized carbons (Fsp3) is 0.500. The lowest BCUT2D eigenvalue weighted by molar-refractivity contribution is 0.167. The smallest absolute Gasteiger partial charge is 0.407 e. The minimum absolute atomic E-state index is 0.0631. The van der Waals surface area contributed by atoms with Crippen molar-refractivity contribution < 1.29 is 14.6 Å². The predicted octanol–water partition coefficient (Wildman–Crippen LogP) is 1.42. The topological polar surface area (TPSA) is 61.8 Å². The van der Waals surface area contributed by atoms with E-state index in [-0.39, 0.29) is 18.7 Å². The third-order valence-corrected chi connectivity index (χ3v) is 3.48. The monoisotopic (exact) mass is 264 g/mol. The van der Waals surface area contributed by atoms with Crippen LogP contribution < -0.4 is 10.2 Å². The summed E-state index contributed by atoms with van der Waals surface area (Å²) >= 11 is 0. The lowest BCUT2D eigenvalue weighted by Crippen LogP contribution is -2.37. The maximum Gasteiger partial charge on any atom is 0.407 e. The van der Waals surface area contributed by atoms with E-state index in [0.29, 0.717) is 0 Å².